The zero-order valence-corrected chi connectivity index (χ0v) is 10.5. The number of hydrogen-bond donors (Lipinski definition) is 1. The third-order valence-electron chi connectivity index (χ3n) is 2.89. The summed E-state index contributed by atoms with van der Waals surface area (Å²) in [6.45, 7) is 1.72. The lowest BCUT2D eigenvalue weighted by molar-refractivity contribution is 0.257. The van der Waals surface area contributed by atoms with Gasteiger partial charge >= 0.3 is 0 Å². The summed E-state index contributed by atoms with van der Waals surface area (Å²) >= 11 is 0. The van der Waals surface area contributed by atoms with Crippen LogP contribution in [0.15, 0.2) is 36.4 Å². The van der Waals surface area contributed by atoms with Crippen molar-refractivity contribution in [3.05, 3.63) is 64.7 Å². The monoisotopic (exact) mass is 264 g/mol. The quantitative estimate of drug-likeness (QED) is 0.917. The zero-order valence-electron chi connectivity index (χ0n) is 10.5. The molecule has 0 aromatic heterocycles. The van der Waals surface area contributed by atoms with Crippen LogP contribution < -0.4 is 4.74 Å². The molecular formula is C15H14F2O2. The molecule has 2 aromatic rings. The maximum absolute atomic E-state index is 13.1. The van der Waals surface area contributed by atoms with Gasteiger partial charge in [-0.1, -0.05) is 6.07 Å². The van der Waals surface area contributed by atoms with E-state index in [0.29, 0.717) is 16.9 Å². The molecule has 0 radical (unpaired) electrons. The van der Waals surface area contributed by atoms with Crippen molar-refractivity contribution in [3.63, 3.8) is 0 Å². The SMILES string of the molecule is Cc1ccc(F)cc1COc1ccc(F)cc1CO. The second kappa shape index (κ2) is 5.80. The summed E-state index contributed by atoms with van der Waals surface area (Å²) < 4.78 is 31.6. The molecule has 0 heterocycles. The lowest BCUT2D eigenvalue weighted by Gasteiger charge is -2.12. The maximum atomic E-state index is 13.1. The van der Waals surface area contributed by atoms with E-state index in [0.717, 1.165) is 5.56 Å². The van der Waals surface area contributed by atoms with Crippen LogP contribution in [-0.4, -0.2) is 5.11 Å². The van der Waals surface area contributed by atoms with Crippen LogP contribution in [0.2, 0.25) is 0 Å². The molecule has 0 saturated heterocycles. The van der Waals surface area contributed by atoms with Gasteiger partial charge in [-0.25, -0.2) is 8.78 Å². The van der Waals surface area contributed by atoms with E-state index >= 15 is 0 Å². The second-order valence-electron chi connectivity index (χ2n) is 4.27. The van der Waals surface area contributed by atoms with Crippen molar-refractivity contribution in [3.8, 4) is 5.75 Å². The number of ether oxygens (including phenoxy) is 1. The van der Waals surface area contributed by atoms with Gasteiger partial charge in [0.25, 0.3) is 0 Å². The molecule has 19 heavy (non-hydrogen) atoms. The molecule has 2 nitrogen and oxygen atoms in total. The first kappa shape index (κ1) is 13.5. The Morgan fingerprint density at radius 3 is 2.32 bits per heavy atom. The molecule has 0 aliphatic heterocycles. The highest BCUT2D eigenvalue weighted by atomic mass is 19.1. The molecule has 2 aromatic carbocycles. The highest BCUT2D eigenvalue weighted by Gasteiger charge is 2.06. The van der Waals surface area contributed by atoms with Crippen LogP contribution in [0, 0.1) is 18.6 Å². The third-order valence-corrected chi connectivity index (χ3v) is 2.89. The minimum Gasteiger partial charge on any atom is -0.489 e. The van der Waals surface area contributed by atoms with Crippen molar-refractivity contribution in [2.75, 3.05) is 0 Å². The highest BCUT2D eigenvalue weighted by molar-refractivity contribution is 5.34. The van der Waals surface area contributed by atoms with Crippen LogP contribution in [0.25, 0.3) is 0 Å². The van der Waals surface area contributed by atoms with Gasteiger partial charge in [-0.05, 0) is 48.4 Å². The molecule has 0 spiro atoms. The molecule has 0 atom stereocenters. The van der Waals surface area contributed by atoms with Crippen LogP contribution in [0.5, 0.6) is 5.75 Å². The van der Waals surface area contributed by atoms with Crippen molar-refractivity contribution in [1.29, 1.82) is 0 Å². The molecule has 0 unspecified atom stereocenters. The predicted octanol–water partition coefficient (Wildman–Crippen LogP) is 3.34. The van der Waals surface area contributed by atoms with Crippen molar-refractivity contribution < 1.29 is 18.6 Å². The first-order chi connectivity index (χ1) is 9.10. The van der Waals surface area contributed by atoms with Crippen LogP contribution in [0.1, 0.15) is 16.7 Å². The van der Waals surface area contributed by atoms with E-state index < -0.39 is 5.82 Å². The number of halogens is 2. The Morgan fingerprint density at radius 2 is 1.63 bits per heavy atom. The molecule has 0 fully saturated rings. The number of aliphatic hydroxyl groups is 1. The molecule has 0 aliphatic carbocycles. The van der Waals surface area contributed by atoms with Gasteiger partial charge in [0.15, 0.2) is 0 Å². The number of rotatable bonds is 4. The fourth-order valence-corrected chi connectivity index (χ4v) is 1.76. The first-order valence-electron chi connectivity index (χ1n) is 5.87. The lowest BCUT2D eigenvalue weighted by atomic mass is 10.1. The first-order valence-corrected chi connectivity index (χ1v) is 5.87. The number of aliphatic hydroxyl groups excluding tert-OH is 1. The van der Waals surface area contributed by atoms with Gasteiger partial charge in [-0.15, -0.1) is 0 Å². The van der Waals surface area contributed by atoms with E-state index in [1.807, 2.05) is 6.92 Å². The molecule has 0 aliphatic rings. The number of benzene rings is 2. The van der Waals surface area contributed by atoms with E-state index in [1.165, 1.54) is 30.3 Å². The van der Waals surface area contributed by atoms with Crippen LogP contribution in [0.4, 0.5) is 8.78 Å². The zero-order chi connectivity index (χ0) is 13.8. The molecule has 0 saturated carbocycles. The Balaban J connectivity index is 2.16. The summed E-state index contributed by atoms with van der Waals surface area (Å²) in [5.74, 6) is -0.364. The van der Waals surface area contributed by atoms with E-state index in [2.05, 4.69) is 0 Å². The summed E-state index contributed by atoms with van der Waals surface area (Å²) in [5, 5.41) is 9.13. The van der Waals surface area contributed by atoms with Crippen LogP contribution in [0.3, 0.4) is 0 Å². The maximum Gasteiger partial charge on any atom is 0.125 e. The molecule has 1 N–H and O–H groups in total. The fourth-order valence-electron chi connectivity index (χ4n) is 1.76. The average molecular weight is 264 g/mol. The third kappa shape index (κ3) is 3.29. The summed E-state index contributed by atoms with van der Waals surface area (Å²) in [5.41, 5.74) is 2.00. The summed E-state index contributed by atoms with van der Waals surface area (Å²) in [4.78, 5) is 0. The van der Waals surface area contributed by atoms with Crippen molar-refractivity contribution >= 4 is 0 Å². The number of hydrogen-bond acceptors (Lipinski definition) is 2. The molecule has 4 heteroatoms. The summed E-state index contributed by atoms with van der Waals surface area (Å²) in [6.07, 6.45) is 0. The van der Waals surface area contributed by atoms with Gasteiger partial charge < -0.3 is 9.84 Å². The van der Waals surface area contributed by atoms with Gasteiger partial charge in [0.05, 0.1) is 6.61 Å². The molecule has 2 rings (SSSR count). The van der Waals surface area contributed by atoms with Crippen LogP contribution >= 0.6 is 0 Å². The smallest absolute Gasteiger partial charge is 0.125 e. The normalized spacial score (nSPS) is 10.5. The van der Waals surface area contributed by atoms with Gasteiger partial charge in [0, 0.05) is 5.56 Å². The Kier molecular flexibility index (Phi) is 4.12. The molecule has 100 valence electrons. The summed E-state index contributed by atoms with van der Waals surface area (Å²) in [6, 6.07) is 8.38. The Morgan fingerprint density at radius 1 is 1.00 bits per heavy atom. The largest absolute Gasteiger partial charge is 0.489 e. The highest BCUT2D eigenvalue weighted by Crippen LogP contribution is 2.22. The Hall–Kier alpha value is -1.94. The standard InChI is InChI=1S/C15H14F2O2/c1-10-2-3-13(16)7-12(10)9-19-15-5-4-14(17)6-11(15)8-18/h2-7,18H,8-9H2,1H3. The molecule has 0 amide bonds. The minimum atomic E-state index is -0.432. The van der Waals surface area contributed by atoms with Crippen molar-refractivity contribution in [1.82, 2.24) is 0 Å². The van der Waals surface area contributed by atoms with E-state index in [1.54, 1.807) is 6.07 Å². The Bertz CT molecular complexity index is 582. The predicted molar refractivity (Wildman–Crippen MR) is 67.8 cm³/mol. The van der Waals surface area contributed by atoms with Gasteiger partial charge in [0.1, 0.15) is 24.0 Å². The summed E-state index contributed by atoms with van der Waals surface area (Å²) in [7, 11) is 0. The second-order valence-corrected chi connectivity index (χ2v) is 4.27. The van der Waals surface area contributed by atoms with Gasteiger partial charge in [0.2, 0.25) is 0 Å². The van der Waals surface area contributed by atoms with Crippen molar-refractivity contribution in [2.24, 2.45) is 0 Å². The van der Waals surface area contributed by atoms with Gasteiger partial charge in [-0.2, -0.15) is 0 Å². The minimum absolute atomic E-state index is 0.169. The van der Waals surface area contributed by atoms with Gasteiger partial charge in [-0.3, -0.25) is 0 Å². The van der Waals surface area contributed by atoms with E-state index in [4.69, 9.17) is 9.84 Å². The number of aryl methyl sites for hydroxylation is 1. The van der Waals surface area contributed by atoms with Crippen LogP contribution in [-0.2, 0) is 13.2 Å². The van der Waals surface area contributed by atoms with Crippen molar-refractivity contribution in [2.45, 2.75) is 20.1 Å². The van der Waals surface area contributed by atoms with E-state index in [9.17, 15) is 8.78 Å². The topological polar surface area (TPSA) is 29.5 Å². The Labute approximate surface area is 110 Å². The fraction of sp³-hybridized carbons (Fsp3) is 0.200. The molecular weight excluding hydrogens is 250 g/mol. The van der Waals surface area contributed by atoms with E-state index in [-0.39, 0.29) is 19.0 Å². The molecule has 0 bridgehead atoms. The average Bonchev–Trinajstić information content (AvgIpc) is 2.40. The lowest BCUT2D eigenvalue weighted by Crippen LogP contribution is -2.01.